The van der Waals surface area contributed by atoms with Gasteiger partial charge in [-0.05, 0) is 112 Å². The molecule has 2 saturated heterocycles. The Kier molecular flexibility index (Phi) is 12.0. The lowest BCUT2D eigenvalue weighted by Crippen LogP contribution is -2.46. The number of methoxy groups -OCH3 is 1. The zero-order chi connectivity index (χ0) is 36.8. The summed E-state index contributed by atoms with van der Waals surface area (Å²) in [7, 11) is 1.52. The van der Waals surface area contributed by atoms with Crippen LogP contribution in [0.15, 0.2) is 60.7 Å². The standard InChI is InChI=1S/C40H44ClFN4O6/c1-26(47)30-12-14-34(41)37(42)32(30)13-15-36(48)46-23-18-31-33(6-5-7-35(31)45-21-16-29(17-22-45)44-19-3-4-20-44)38(46)39(49)43-28-10-8-27(9-11-28)40(50)52-25-24-51-2/h5-15,29,38H,3-4,16-25H2,1-2H3,(H,43,49)/b15-13+/t38-/m0/s1. The lowest BCUT2D eigenvalue weighted by atomic mass is 9.89. The molecular weight excluding hydrogens is 687 g/mol. The van der Waals surface area contributed by atoms with Crippen LogP contribution in [0.5, 0.6) is 0 Å². The van der Waals surface area contributed by atoms with Crippen LogP contribution in [-0.4, -0.2) is 92.5 Å². The van der Waals surface area contributed by atoms with Gasteiger partial charge in [0.15, 0.2) is 5.78 Å². The van der Waals surface area contributed by atoms with E-state index in [9.17, 15) is 19.2 Å². The van der Waals surface area contributed by atoms with Crippen LogP contribution in [0.4, 0.5) is 15.8 Å². The third-order valence-electron chi connectivity index (χ3n) is 10.2. The maximum absolute atomic E-state index is 15.1. The number of fused-ring (bicyclic) bond motifs is 1. The average molecular weight is 731 g/mol. The molecule has 0 aliphatic carbocycles. The van der Waals surface area contributed by atoms with Gasteiger partial charge in [0.2, 0.25) is 5.91 Å². The van der Waals surface area contributed by atoms with Crippen LogP contribution in [-0.2, 0) is 25.5 Å². The fourth-order valence-corrected chi connectivity index (χ4v) is 7.70. The molecule has 0 radical (unpaired) electrons. The highest BCUT2D eigenvalue weighted by Crippen LogP contribution is 2.38. The molecule has 1 N–H and O–H groups in total. The molecule has 1 atom stereocenters. The van der Waals surface area contributed by atoms with Crippen molar-refractivity contribution in [2.24, 2.45) is 0 Å². The van der Waals surface area contributed by atoms with E-state index in [0.717, 1.165) is 37.2 Å². The molecular formula is C40H44ClFN4O6. The van der Waals surface area contributed by atoms with Gasteiger partial charge in [-0.15, -0.1) is 0 Å². The number of nitrogens with one attached hydrogen (secondary N) is 1. The number of anilines is 2. The Labute approximate surface area is 308 Å². The number of carbonyl (C=O) groups excluding carboxylic acids is 4. The van der Waals surface area contributed by atoms with E-state index < -0.39 is 29.6 Å². The Bertz CT molecular complexity index is 1840. The monoisotopic (exact) mass is 730 g/mol. The number of hydrogen-bond donors (Lipinski definition) is 1. The molecule has 0 saturated carbocycles. The predicted molar refractivity (Wildman–Crippen MR) is 198 cm³/mol. The van der Waals surface area contributed by atoms with Crippen LogP contribution in [0.25, 0.3) is 6.08 Å². The quantitative estimate of drug-likeness (QED) is 0.106. The molecule has 0 aromatic heterocycles. The van der Waals surface area contributed by atoms with Crippen molar-refractivity contribution in [2.75, 3.05) is 63.3 Å². The number of esters is 1. The van der Waals surface area contributed by atoms with Crippen LogP contribution in [0, 0.1) is 5.82 Å². The summed E-state index contributed by atoms with van der Waals surface area (Å²) in [6.07, 6.45) is 7.61. The fourth-order valence-electron chi connectivity index (χ4n) is 7.53. The summed E-state index contributed by atoms with van der Waals surface area (Å²) >= 11 is 6.02. The topological polar surface area (TPSA) is 108 Å². The molecule has 0 spiro atoms. The van der Waals surface area contributed by atoms with Gasteiger partial charge in [-0.25, -0.2) is 9.18 Å². The molecule has 3 aromatic carbocycles. The molecule has 12 heteroatoms. The van der Waals surface area contributed by atoms with Crippen LogP contribution in [0.2, 0.25) is 5.02 Å². The van der Waals surface area contributed by atoms with Crippen molar-refractivity contribution in [3.63, 3.8) is 0 Å². The zero-order valence-electron chi connectivity index (χ0n) is 29.5. The molecule has 0 bridgehead atoms. The third kappa shape index (κ3) is 8.22. The van der Waals surface area contributed by atoms with Crippen molar-refractivity contribution in [1.29, 1.82) is 0 Å². The molecule has 10 nitrogen and oxygen atoms in total. The molecule has 274 valence electrons. The van der Waals surface area contributed by atoms with E-state index in [4.69, 9.17) is 21.1 Å². The van der Waals surface area contributed by atoms with Gasteiger partial charge in [0.05, 0.1) is 17.2 Å². The first kappa shape index (κ1) is 37.2. The van der Waals surface area contributed by atoms with E-state index in [1.165, 1.54) is 69.1 Å². The SMILES string of the molecule is COCCOC(=O)c1ccc(NC(=O)[C@@H]2c3cccc(N4CCC(N5CCCC5)CC4)c3CCN2C(=O)/C=C/c2c(C(C)=O)ccc(Cl)c2F)cc1. The maximum atomic E-state index is 15.1. The minimum absolute atomic E-state index is 0.0905. The molecule has 0 unspecified atom stereocenters. The summed E-state index contributed by atoms with van der Waals surface area (Å²) in [6.45, 7) is 6.09. The number of ketones is 1. The van der Waals surface area contributed by atoms with Crippen molar-refractivity contribution in [3.8, 4) is 0 Å². The number of benzene rings is 3. The van der Waals surface area contributed by atoms with Gasteiger partial charge in [0, 0.05) is 61.4 Å². The Hall–Kier alpha value is -4.58. The number of hydrogen-bond acceptors (Lipinski definition) is 8. The number of amides is 2. The lowest BCUT2D eigenvalue weighted by Gasteiger charge is -2.41. The number of nitrogens with zero attached hydrogens (tertiary/aromatic N) is 3. The van der Waals surface area contributed by atoms with Gasteiger partial charge in [-0.3, -0.25) is 14.4 Å². The molecule has 3 aromatic rings. The van der Waals surface area contributed by atoms with Crippen LogP contribution in [0.1, 0.15) is 76.1 Å². The molecule has 3 aliphatic heterocycles. The van der Waals surface area contributed by atoms with Gasteiger partial charge in [-0.1, -0.05) is 23.7 Å². The second kappa shape index (κ2) is 16.8. The first-order valence-electron chi connectivity index (χ1n) is 17.8. The second-order valence-corrected chi connectivity index (χ2v) is 13.8. The molecule has 52 heavy (non-hydrogen) atoms. The molecule has 3 aliphatic rings. The second-order valence-electron chi connectivity index (χ2n) is 13.4. The number of carbonyl (C=O) groups is 4. The minimum Gasteiger partial charge on any atom is -0.460 e. The summed E-state index contributed by atoms with van der Waals surface area (Å²) in [4.78, 5) is 59.3. The molecule has 6 rings (SSSR count). The Morgan fingerprint density at radius 3 is 2.37 bits per heavy atom. The van der Waals surface area contributed by atoms with Crippen LogP contribution in [0.3, 0.4) is 0 Å². The van der Waals surface area contributed by atoms with Crippen molar-refractivity contribution in [2.45, 2.75) is 51.1 Å². The number of ether oxygens (including phenoxy) is 2. The van der Waals surface area contributed by atoms with E-state index in [1.54, 1.807) is 24.3 Å². The number of likely N-dealkylation sites (tertiary alicyclic amines) is 1. The number of Topliss-reactive ketones (excluding diaryl/α,β-unsaturated/α-hetero) is 1. The molecule has 2 amide bonds. The Morgan fingerprint density at radius 1 is 0.942 bits per heavy atom. The van der Waals surface area contributed by atoms with E-state index in [1.807, 2.05) is 12.1 Å². The fraction of sp³-hybridized carbons (Fsp3) is 0.400. The van der Waals surface area contributed by atoms with E-state index >= 15 is 4.39 Å². The normalized spacial score (nSPS) is 18.0. The summed E-state index contributed by atoms with van der Waals surface area (Å²) in [6, 6.07) is 14.5. The summed E-state index contributed by atoms with van der Waals surface area (Å²) in [5, 5.41) is 2.76. The Morgan fingerprint density at radius 2 is 1.67 bits per heavy atom. The number of piperidine rings is 1. The highest BCUT2D eigenvalue weighted by atomic mass is 35.5. The maximum Gasteiger partial charge on any atom is 0.338 e. The summed E-state index contributed by atoms with van der Waals surface area (Å²) in [5.74, 6) is -2.66. The van der Waals surface area contributed by atoms with Crippen molar-refractivity contribution in [3.05, 3.63) is 99.3 Å². The highest BCUT2D eigenvalue weighted by Gasteiger charge is 2.37. The molecule has 2 fully saturated rings. The van der Waals surface area contributed by atoms with E-state index in [-0.39, 0.29) is 41.7 Å². The van der Waals surface area contributed by atoms with E-state index in [0.29, 0.717) is 29.3 Å². The van der Waals surface area contributed by atoms with Crippen LogP contribution < -0.4 is 10.2 Å². The minimum atomic E-state index is -1.02. The van der Waals surface area contributed by atoms with Crippen LogP contribution >= 0.6 is 11.6 Å². The smallest absolute Gasteiger partial charge is 0.338 e. The number of rotatable bonds is 11. The molecule has 3 heterocycles. The lowest BCUT2D eigenvalue weighted by molar-refractivity contribution is -0.135. The summed E-state index contributed by atoms with van der Waals surface area (Å²) < 4.78 is 25.2. The highest BCUT2D eigenvalue weighted by molar-refractivity contribution is 6.31. The first-order chi connectivity index (χ1) is 25.2. The van der Waals surface area contributed by atoms with Gasteiger partial charge >= 0.3 is 5.97 Å². The van der Waals surface area contributed by atoms with E-state index in [2.05, 4.69) is 21.2 Å². The van der Waals surface area contributed by atoms with Crippen molar-refractivity contribution >= 4 is 52.6 Å². The Balaban J connectivity index is 1.28. The largest absolute Gasteiger partial charge is 0.460 e. The van der Waals surface area contributed by atoms with Gasteiger partial charge in [0.25, 0.3) is 5.91 Å². The average Bonchev–Trinajstić information content (AvgIpc) is 3.70. The summed E-state index contributed by atoms with van der Waals surface area (Å²) in [5.41, 5.74) is 3.54. The predicted octanol–water partition coefficient (Wildman–Crippen LogP) is 6.33. The van der Waals surface area contributed by atoms with Gasteiger partial charge < -0.3 is 29.5 Å². The number of halogens is 2. The van der Waals surface area contributed by atoms with Crippen molar-refractivity contribution in [1.82, 2.24) is 9.80 Å². The third-order valence-corrected chi connectivity index (χ3v) is 10.5. The zero-order valence-corrected chi connectivity index (χ0v) is 30.3. The van der Waals surface area contributed by atoms with Gasteiger partial charge in [0.1, 0.15) is 18.5 Å². The first-order valence-corrected chi connectivity index (χ1v) is 18.2. The van der Waals surface area contributed by atoms with Gasteiger partial charge in [-0.2, -0.15) is 0 Å². The van der Waals surface area contributed by atoms with Crippen molar-refractivity contribution < 1.29 is 33.0 Å².